The van der Waals surface area contributed by atoms with Gasteiger partial charge in [0.05, 0.1) is 5.41 Å². The van der Waals surface area contributed by atoms with Gasteiger partial charge >= 0.3 is 12.1 Å². The van der Waals surface area contributed by atoms with Crippen LogP contribution in [0.3, 0.4) is 0 Å². The Morgan fingerprint density at radius 3 is 2.12 bits per heavy atom. The lowest BCUT2D eigenvalue weighted by Gasteiger charge is -2.28. The Hall–Kier alpha value is -3.61. The van der Waals surface area contributed by atoms with E-state index >= 15 is 0 Å². The number of carbonyl (C=O) groups excluding carboxylic acids is 2. The summed E-state index contributed by atoms with van der Waals surface area (Å²) in [7, 11) is 0. The van der Waals surface area contributed by atoms with Crippen LogP contribution in [-0.4, -0.2) is 42.3 Å². The van der Waals surface area contributed by atoms with Crippen molar-refractivity contribution >= 4 is 18.0 Å². The SMILES string of the molecule is C=CCC(NC(=O)OCC1c2ccccc2-c2ccccc21)C(=O)NCC(CC)(CC)C(=O)O. The summed E-state index contributed by atoms with van der Waals surface area (Å²) in [5.74, 6) is -1.52. The number of carboxylic acid groups (broad SMARTS) is 1. The van der Waals surface area contributed by atoms with Crippen molar-refractivity contribution in [2.24, 2.45) is 5.41 Å². The molecule has 180 valence electrons. The van der Waals surface area contributed by atoms with E-state index < -0.39 is 29.4 Å². The second-order valence-electron chi connectivity index (χ2n) is 8.56. The van der Waals surface area contributed by atoms with Gasteiger partial charge in [0.25, 0.3) is 0 Å². The summed E-state index contributed by atoms with van der Waals surface area (Å²) in [6.07, 6.45) is 1.77. The zero-order valence-corrected chi connectivity index (χ0v) is 19.7. The van der Waals surface area contributed by atoms with Crippen molar-refractivity contribution in [3.8, 4) is 11.1 Å². The highest BCUT2D eigenvalue weighted by atomic mass is 16.5. The molecule has 1 aliphatic carbocycles. The highest BCUT2D eigenvalue weighted by Gasteiger charge is 2.36. The second kappa shape index (κ2) is 11.0. The summed E-state index contributed by atoms with van der Waals surface area (Å²) in [6.45, 7) is 7.32. The fraction of sp³-hybridized carbons (Fsp3) is 0.370. The molecule has 1 atom stereocenters. The van der Waals surface area contributed by atoms with E-state index in [-0.39, 0.29) is 25.5 Å². The Kier molecular flexibility index (Phi) is 8.10. The Labute approximate surface area is 200 Å². The average Bonchev–Trinajstić information content (AvgIpc) is 3.17. The fourth-order valence-corrected chi connectivity index (χ4v) is 4.44. The number of hydrogen-bond donors (Lipinski definition) is 3. The Balaban J connectivity index is 1.63. The van der Waals surface area contributed by atoms with E-state index in [2.05, 4.69) is 29.3 Å². The average molecular weight is 465 g/mol. The van der Waals surface area contributed by atoms with E-state index in [1.165, 1.54) is 6.08 Å². The minimum atomic E-state index is -1.04. The monoisotopic (exact) mass is 464 g/mol. The number of alkyl carbamates (subject to hydrolysis) is 1. The summed E-state index contributed by atoms with van der Waals surface area (Å²) in [6, 6.07) is 15.2. The molecule has 0 spiro atoms. The molecule has 7 heteroatoms. The molecule has 2 aromatic carbocycles. The zero-order valence-electron chi connectivity index (χ0n) is 19.7. The van der Waals surface area contributed by atoms with Gasteiger partial charge in [0.15, 0.2) is 0 Å². The van der Waals surface area contributed by atoms with E-state index in [1.54, 1.807) is 13.8 Å². The Bertz CT molecular complexity index is 1010. The predicted molar refractivity (Wildman–Crippen MR) is 130 cm³/mol. The smallest absolute Gasteiger partial charge is 0.407 e. The van der Waals surface area contributed by atoms with Gasteiger partial charge in [-0.05, 0) is 41.5 Å². The third kappa shape index (κ3) is 5.14. The van der Waals surface area contributed by atoms with Crippen LogP contribution in [0.25, 0.3) is 11.1 Å². The molecule has 0 aromatic heterocycles. The van der Waals surface area contributed by atoms with Crippen molar-refractivity contribution < 1.29 is 24.2 Å². The summed E-state index contributed by atoms with van der Waals surface area (Å²) in [5.41, 5.74) is 3.41. The van der Waals surface area contributed by atoms with Gasteiger partial charge in [0.1, 0.15) is 12.6 Å². The van der Waals surface area contributed by atoms with Crippen LogP contribution in [0.4, 0.5) is 4.79 Å². The van der Waals surface area contributed by atoms with Crippen molar-refractivity contribution in [1.29, 1.82) is 0 Å². The summed E-state index contributed by atoms with van der Waals surface area (Å²) < 4.78 is 5.53. The van der Waals surface area contributed by atoms with Crippen LogP contribution in [0.5, 0.6) is 0 Å². The molecule has 0 fully saturated rings. The predicted octanol–water partition coefficient (Wildman–Crippen LogP) is 4.48. The summed E-state index contributed by atoms with van der Waals surface area (Å²) in [5, 5.41) is 14.9. The number of fused-ring (bicyclic) bond motifs is 3. The van der Waals surface area contributed by atoms with Gasteiger partial charge in [-0.25, -0.2) is 4.79 Å². The highest BCUT2D eigenvalue weighted by Crippen LogP contribution is 2.44. The van der Waals surface area contributed by atoms with Crippen molar-refractivity contribution in [3.63, 3.8) is 0 Å². The Morgan fingerprint density at radius 2 is 1.62 bits per heavy atom. The number of aliphatic carboxylic acids is 1. The van der Waals surface area contributed by atoms with E-state index in [1.807, 2.05) is 36.4 Å². The molecule has 0 aliphatic heterocycles. The molecule has 1 aliphatic rings. The Morgan fingerprint density at radius 1 is 1.06 bits per heavy atom. The van der Waals surface area contributed by atoms with Crippen molar-refractivity contribution in [1.82, 2.24) is 10.6 Å². The maximum Gasteiger partial charge on any atom is 0.407 e. The van der Waals surface area contributed by atoms with Crippen molar-refractivity contribution in [2.45, 2.75) is 45.1 Å². The van der Waals surface area contributed by atoms with Crippen LogP contribution >= 0.6 is 0 Å². The maximum atomic E-state index is 12.7. The molecular weight excluding hydrogens is 432 g/mol. The number of carbonyl (C=O) groups is 3. The second-order valence-corrected chi connectivity index (χ2v) is 8.56. The summed E-state index contributed by atoms with van der Waals surface area (Å²) in [4.78, 5) is 37.0. The molecule has 34 heavy (non-hydrogen) atoms. The van der Waals surface area contributed by atoms with Gasteiger partial charge in [-0.15, -0.1) is 6.58 Å². The van der Waals surface area contributed by atoms with Crippen molar-refractivity contribution in [2.75, 3.05) is 13.2 Å². The quantitative estimate of drug-likeness (QED) is 0.426. The van der Waals surface area contributed by atoms with E-state index in [4.69, 9.17) is 4.74 Å². The molecule has 2 amide bonds. The normalized spacial score (nSPS) is 13.4. The lowest BCUT2D eigenvalue weighted by Crippen LogP contribution is -2.50. The van der Waals surface area contributed by atoms with Crippen molar-refractivity contribution in [3.05, 3.63) is 72.3 Å². The van der Waals surface area contributed by atoms with E-state index in [0.29, 0.717) is 12.8 Å². The third-order valence-corrected chi connectivity index (χ3v) is 6.76. The van der Waals surface area contributed by atoms with Gasteiger partial charge in [-0.1, -0.05) is 68.5 Å². The molecular formula is C27H32N2O5. The van der Waals surface area contributed by atoms with E-state index in [9.17, 15) is 19.5 Å². The molecule has 0 heterocycles. The third-order valence-electron chi connectivity index (χ3n) is 6.76. The number of hydrogen-bond acceptors (Lipinski definition) is 4. The first kappa shape index (κ1) is 25.0. The maximum absolute atomic E-state index is 12.7. The molecule has 7 nitrogen and oxygen atoms in total. The minimum absolute atomic E-state index is 0.0197. The van der Waals surface area contributed by atoms with Gasteiger partial charge in [-0.3, -0.25) is 9.59 Å². The fourth-order valence-electron chi connectivity index (χ4n) is 4.44. The lowest BCUT2D eigenvalue weighted by molar-refractivity contribution is -0.149. The summed E-state index contributed by atoms with van der Waals surface area (Å²) >= 11 is 0. The van der Waals surface area contributed by atoms with E-state index in [0.717, 1.165) is 22.3 Å². The number of nitrogens with one attached hydrogen (secondary N) is 2. The first-order chi connectivity index (χ1) is 16.4. The molecule has 1 unspecified atom stereocenters. The van der Waals surface area contributed by atoms with Crippen LogP contribution < -0.4 is 10.6 Å². The number of benzene rings is 2. The molecule has 0 radical (unpaired) electrons. The molecule has 0 saturated carbocycles. The molecule has 3 N–H and O–H groups in total. The van der Waals surface area contributed by atoms with Crippen LogP contribution in [0.2, 0.25) is 0 Å². The van der Waals surface area contributed by atoms with Crippen LogP contribution in [0.1, 0.15) is 50.2 Å². The van der Waals surface area contributed by atoms with Gasteiger partial charge in [-0.2, -0.15) is 0 Å². The minimum Gasteiger partial charge on any atom is -0.481 e. The topological polar surface area (TPSA) is 105 Å². The zero-order chi connectivity index (χ0) is 24.7. The van der Waals surface area contributed by atoms with Crippen LogP contribution in [-0.2, 0) is 14.3 Å². The first-order valence-electron chi connectivity index (χ1n) is 11.6. The molecule has 0 bridgehead atoms. The van der Waals surface area contributed by atoms with Crippen LogP contribution in [0, 0.1) is 5.41 Å². The first-order valence-corrected chi connectivity index (χ1v) is 11.6. The molecule has 0 saturated heterocycles. The highest BCUT2D eigenvalue weighted by molar-refractivity contribution is 5.86. The largest absolute Gasteiger partial charge is 0.481 e. The number of rotatable bonds is 11. The van der Waals surface area contributed by atoms with Gasteiger partial charge in [0.2, 0.25) is 5.91 Å². The number of carboxylic acids is 1. The number of amides is 2. The van der Waals surface area contributed by atoms with Crippen LogP contribution in [0.15, 0.2) is 61.2 Å². The van der Waals surface area contributed by atoms with Gasteiger partial charge < -0.3 is 20.5 Å². The number of ether oxygens (including phenoxy) is 1. The lowest BCUT2D eigenvalue weighted by atomic mass is 9.82. The standard InChI is InChI=1S/C27H32N2O5/c1-4-11-23(24(30)28-17-27(5-2,6-3)25(31)32)29-26(33)34-16-22-20-14-9-7-12-18(20)19-13-8-10-15-21(19)22/h4,7-10,12-15,22-23H,1,5-6,11,16-17H2,2-3H3,(H,28,30)(H,29,33)(H,31,32). The van der Waals surface area contributed by atoms with Gasteiger partial charge in [0, 0.05) is 12.5 Å². The molecule has 2 aromatic rings. The molecule has 3 rings (SSSR count).